The highest BCUT2D eigenvalue weighted by Gasteiger charge is 2.41. The summed E-state index contributed by atoms with van der Waals surface area (Å²) in [7, 11) is 1.96. The molecule has 1 aromatic rings. The fourth-order valence-electron chi connectivity index (χ4n) is 4.06. The summed E-state index contributed by atoms with van der Waals surface area (Å²) in [6, 6.07) is 11.6. The fourth-order valence-corrected chi connectivity index (χ4v) is 4.06. The minimum Gasteiger partial charge on any atom is -0.343 e. The SMILES string of the molecule is CC(C)CC[C@H]1C(=O)N(C)C[C@H]2CN[C@@H](Cc3ccccc3)CN21. The van der Waals surface area contributed by atoms with E-state index in [-0.39, 0.29) is 6.04 Å². The minimum atomic E-state index is 0.0662. The average molecular weight is 329 g/mol. The lowest BCUT2D eigenvalue weighted by molar-refractivity contribution is -0.145. The van der Waals surface area contributed by atoms with Gasteiger partial charge in [0, 0.05) is 38.8 Å². The molecule has 3 atom stereocenters. The maximum atomic E-state index is 12.7. The molecule has 0 aromatic heterocycles. The van der Waals surface area contributed by atoms with Crippen molar-refractivity contribution in [2.75, 3.05) is 26.7 Å². The van der Waals surface area contributed by atoms with Gasteiger partial charge < -0.3 is 10.2 Å². The van der Waals surface area contributed by atoms with Crippen molar-refractivity contribution in [3.8, 4) is 0 Å². The summed E-state index contributed by atoms with van der Waals surface area (Å²) in [6.45, 7) is 7.28. The van der Waals surface area contributed by atoms with E-state index in [2.05, 4.69) is 54.4 Å². The number of fused-ring (bicyclic) bond motifs is 1. The molecule has 3 rings (SSSR count). The third-order valence-electron chi connectivity index (χ3n) is 5.43. The molecule has 4 nitrogen and oxygen atoms in total. The van der Waals surface area contributed by atoms with E-state index in [1.54, 1.807) is 0 Å². The third kappa shape index (κ3) is 3.98. The highest BCUT2D eigenvalue weighted by molar-refractivity contribution is 5.82. The summed E-state index contributed by atoms with van der Waals surface area (Å²) in [5.74, 6) is 0.957. The van der Waals surface area contributed by atoms with Crippen LogP contribution in [0.25, 0.3) is 0 Å². The number of rotatable bonds is 5. The number of carbonyl (C=O) groups excluding carboxylic acids is 1. The van der Waals surface area contributed by atoms with Gasteiger partial charge in [0.05, 0.1) is 6.04 Å². The lowest BCUT2D eigenvalue weighted by Crippen LogP contribution is -2.69. The predicted molar refractivity (Wildman–Crippen MR) is 97.9 cm³/mol. The molecular weight excluding hydrogens is 298 g/mol. The first-order valence-corrected chi connectivity index (χ1v) is 9.32. The molecular formula is C20H31N3O. The van der Waals surface area contributed by atoms with Gasteiger partial charge in [0.1, 0.15) is 0 Å². The second kappa shape index (κ2) is 7.66. The van der Waals surface area contributed by atoms with Gasteiger partial charge in [-0.1, -0.05) is 44.2 Å². The molecule has 4 heteroatoms. The molecule has 0 unspecified atom stereocenters. The van der Waals surface area contributed by atoms with Gasteiger partial charge >= 0.3 is 0 Å². The largest absolute Gasteiger partial charge is 0.343 e. The summed E-state index contributed by atoms with van der Waals surface area (Å²) in [6.07, 6.45) is 3.13. The third-order valence-corrected chi connectivity index (χ3v) is 5.43. The molecule has 2 heterocycles. The molecule has 24 heavy (non-hydrogen) atoms. The predicted octanol–water partition coefficient (Wildman–Crippen LogP) is 2.15. The number of carbonyl (C=O) groups is 1. The quantitative estimate of drug-likeness (QED) is 0.899. The maximum Gasteiger partial charge on any atom is 0.239 e. The summed E-state index contributed by atoms with van der Waals surface area (Å²) in [4.78, 5) is 17.2. The van der Waals surface area contributed by atoms with E-state index >= 15 is 0 Å². The fraction of sp³-hybridized carbons (Fsp3) is 0.650. The first kappa shape index (κ1) is 17.4. The van der Waals surface area contributed by atoms with Crippen LogP contribution >= 0.6 is 0 Å². The number of nitrogens with zero attached hydrogens (tertiary/aromatic N) is 2. The topological polar surface area (TPSA) is 35.6 Å². The van der Waals surface area contributed by atoms with Crippen LogP contribution in [0.4, 0.5) is 0 Å². The Balaban J connectivity index is 1.68. The minimum absolute atomic E-state index is 0.0662. The Morgan fingerprint density at radius 3 is 2.67 bits per heavy atom. The Labute approximate surface area is 146 Å². The monoisotopic (exact) mass is 329 g/mol. The zero-order chi connectivity index (χ0) is 17.1. The Morgan fingerprint density at radius 1 is 1.21 bits per heavy atom. The second-order valence-corrected chi connectivity index (χ2v) is 7.85. The van der Waals surface area contributed by atoms with E-state index < -0.39 is 0 Å². The molecule has 2 aliphatic heterocycles. The summed E-state index contributed by atoms with van der Waals surface area (Å²) >= 11 is 0. The van der Waals surface area contributed by atoms with Crippen LogP contribution in [0.5, 0.6) is 0 Å². The van der Waals surface area contributed by atoms with Crippen LogP contribution in [0.3, 0.4) is 0 Å². The average Bonchev–Trinajstić information content (AvgIpc) is 2.56. The normalized spacial score (nSPS) is 28.2. The standard InChI is InChI=1S/C20H31N3O/c1-15(2)9-10-19-20(24)22(3)14-18-12-21-17(13-23(18)19)11-16-7-5-4-6-8-16/h4-8,15,17-19,21H,9-14H2,1-3H3/t17-,18+,19-/m0/s1. The van der Waals surface area contributed by atoms with Gasteiger partial charge in [0.2, 0.25) is 5.91 Å². The van der Waals surface area contributed by atoms with Crippen molar-refractivity contribution in [1.82, 2.24) is 15.1 Å². The maximum absolute atomic E-state index is 12.7. The molecule has 0 spiro atoms. The number of piperazine rings is 2. The van der Waals surface area contributed by atoms with Crippen molar-refractivity contribution in [3.05, 3.63) is 35.9 Å². The molecule has 0 saturated carbocycles. The number of nitrogens with one attached hydrogen (secondary N) is 1. The number of hydrogen-bond donors (Lipinski definition) is 1. The van der Waals surface area contributed by atoms with E-state index in [9.17, 15) is 4.79 Å². The lowest BCUT2D eigenvalue weighted by atomic mass is 9.93. The Bertz CT molecular complexity index is 545. The van der Waals surface area contributed by atoms with Crippen LogP contribution in [0, 0.1) is 5.92 Å². The molecule has 132 valence electrons. The Hall–Kier alpha value is -1.39. The molecule has 0 bridgehead atoms. The lowest BCUT2D eigenvalue weighted by Gasteiger charge is -2.50. The molecule has 1 N–H and O–H groups in total. The molecule has 0 aliphatic carbocycles. The van der Waals surface area contributed by atoms with Crippen LogP contribution in [0.15, 0.2) is 30.3 Å². The van der Waals surface area contributed by atoms with Crippen molar-refractivity contribution >= 4 is 5.91 Å². The molecule has 2 aliphatic rings. The number of benzene rings is 1. The zero-order valence-corrected chi connectivity index (χ0v) is 15.2. The zero-order valence-electron chi connectivity index (χ0n) is 15.2. The van der Waals surface area contributed by atoms with Crippen molar-refractivity contribution in [2.24, 2.45) is 5.92 Å². The van der Waals surface area contributed by atoms with E-state index in [0.29, 0.717) is 23.9 Å². The summed E-state index contributed by atoms with van der Waals surface area (Å²) in [5, 5.41) is 3.71. The Morgan fingerprint density at radius 2 is 1.96 bits per heavy atom. The van der Waals surface area contributed by atoms with E-state index in [0.717, 1.165) is 38.9 Å². The van der Waals surface area contributed by atoms with E-state index in [1.807, 2.05) is 11.9 Å². The highest BCUT2D eigenvalue weighted by Crippen LogP contribution is 2.24. The number of likely N-dealkylation sites (N-methyl/N-ethyl adjacent to an activating group) is 1. The number of hydrogen-bond acceptors (Lipinski definition) is 3. The molecule has 2 saturated heterocycles. The van der Waals surface area contributed by atoms with Crippen LogP contribution in [0.1, 0.15) is 32.3 Å². The van der Waals surface area contributed by atoms with Gasteiger partial charge in [-0.15, -0.1) is 0 Å². The molecule has 1 amide bonds. The second-order valence-electron chi connectivity index (χ2n) is 7.85. The molecule has 2 fully saturated rings. The Kier molecular flexibility index (Phi) is 5.57. The number of amides is 1. The summed E-state index contributed by atoms with van der Waals surface area (Å²) in [5.41, 5.74) is 1.37. The van der Waals surface area contributed by atoms with Crippen LogP contribution in [-0.2, 0) is 11.2 Å². The first-order valence-electron chi connectivity index (χ1n) is 9.32. The highest BCUT2D eigenvalue weighted by atomic mass is 16.2. The van der Waals surface area contributed by atoms with E-state index in [1.165, 1.54) is 5.56 Å². The molecule has 1 aromatic carbocycles. The van der Waals surface area contributed by atoms with Crippen LogP contribution in [-0.4, -0.2) is 60.5 Å². The van der Waals surface area contributed by atoms with Gasteiger partial charge in [0.25, 0.3) is 0 Å². The molecule has 0 radical (unpaired) electrons. The van der Waals surface area contributed by atoms with Gasteiger partial charge in [-0.3, -0.25) is 9.69 Å². The first-order chi connectivity index (χ1) is 11.5. The van der Waals surface area contributed by atoms with Gasteiger partial charge in [-0.25, -0.2) is 0 Å². The van der Waals surface area contributed by atoms with Gasteiger partial charge in [-0.2, -0.15) is 0 Å². The van der Waals surface area contributed by atoms with Crippen molar-refractivity contribution in [1.29, 1.82) is 0 Å². The van der Waals surface area contributed by atoms with Gasteiger partial charge in [-0.05, 0) is 30.7 Å². The van der Waals surface area contributed by atoms with Gasteiger partial charge in [0.15, 0.2) is 0 Å². The van der Waals surface area contributed by atoms with Crippen LogP contribution in [0.2, 0.25) is 0 Å². The van der Waals surface area contributed by atoms with Crippen molar-refractivity contribution in [2.45, 2.75) is 51.2 Å². The van der Waals surface area contributed by atoms with Crippen molar-refractivity contribution in [3.63, 3.8) is 0 Å². The summed E-state index contributed by atoms with van der Waals surface area (Å²) < 4.78 is 0. The van der Waals surface area contributed by atoms with E-state index in [4.69, 9.17) is 0 Å². The van der Waals surface area contributed by atoms with Crippen molar-refractivity contribution < 1.29 is 4.79 Å². The smallest absolute Gasteiger partial charge is 0.239 e. The van der Waals surface area contributed by atoms with Crippen LogP contribution < -0.4 is 5.32 Å².